The number of hydrogen-bond acceptors (Lipinski definition) is 4. The van der Waals surface area contributed by atoms with Gasteiger partial charge in [-0.3, -0.25) is 4.79 Å². The van der Waals surface area contributed by atoms with E-state index in [0.717, 1.165) is 5.56 Å². The number of amides is 3. The van der Waals surface area contributed by atoms with Crippen LogP contribution >= 0.6 is 0 Å². The molecule has 0 aromatic heterocycles. The second kappa shape index (κ2) is 8.04. The van der Waals surface area contributed by atoms with E-state index in [-0.39, 0.29) is 11.9 Å². The predicted octanol–water partition coefficient (Wildman–Crippen LogP) is 3.28. The zero-order valence-corrected chi connectivity index (χ0v) is 16.3. The van der Waals surface area contributed by atoms with Crippen LogP contribution in [0.4, 0.5) is 10.5 Å². The van der Waals surface area contributed by atoms with Gasteiger partial charge in [-0.1, -0.05) is 18.2 Å². The highest BCUT2D eigenvalue weighted by molar-refractivity contribution is 6.07. The van der Waals surface area contributed by atoms with Gasteiger partial charge in [-0.2, -0.15) is 0 Å². The van der Waals surface area contributed by atoms with E-state index in [1.54, 1.807) is 32.2 Å². The van der Waals surface area contributed by atoms with Gasteiger partial charge in [0.25, 0.3) is 5.91 Å². The maximum Gasteiger partial charge on any atom is 0.319 e. The summed E-state index contributed by atoms with van der Waals surface area (Å²) >= 11 is 0. The summed E-state index contributed by atoms with van der Waals surface area (Å²) in [6.07, 6.45) is 0. The Kier molecular flexibility index (Phi) is 5.54. The molecular formula is C21H23N3O4. The van der Waals surface area contributed by atoms with Crippen molar-refractivity contribution in [2.75, 3.05) is 19.5 Å². The molecule has 1 aliphatic rings. The van der Waals surface area contributed by atoms with E-state index in [0.29, 0.717) is 34.0 Å². The van der Waals surface area contributed by atoms with Crippen LogP contribution in [-0.2, 0) is 4.79 Å². The number of para-hydroxylation sites is 1. The fraction of sp³-hybridized carbons (Fsp3) is 0.238. The molecule has 3 rings (SSSR count). The molecule has 1 atom stereocenters. The summed E-state index contributed by atoms with van der Waals surface area (Å²) in [6.45, 7) is 3.62. The maximum absolute atomic E-state index is 13.1. The summed E-state index contributed by atoms with van der Waals surface area (Å²) in [5.41, 5.74) is 3.21. The van der Waals surface area contributed by atoms with Gasteiger partial charge in [0.1, 0.15) is 11.5 Å². The predicted molar refractivity (Wildman–Crippen MR) is 106 cm³/mol. The zero-order chi connectivity index (χ0) is 20.3. The van der Waals surface area contributed by atoms with Crippen LogP contribution < -0.4 is 25.4 Å². The maximum atomic E-state index is 13.1. The Labute approximate surface area is 163 Å². The molecule has 0 unspecified atom stereocenters. The summed E-state index contributed by atoms with van der Waals surface area (Å²) in [6, 6.07) is 11.7. The van der Waals surface area contributed by atoms with Gasteiger partial charge in [-0.25, -0.2) is 4.79 Å². The van der Waals surface area contributed by atoms with Gasteiger partial charge in [-0.05, 0) is 37.6 Å². The highest BCUT2D eigenvalue weighted by Crippen LogP contribution is 2.35. The molecule has 0 radical (unpaired) electrons. The Morgan fingerprint density at radius 2 is 1.82 bits per heavy atom. The first-order chi connectivity index (χ1) is 13.4. The van der Waals surface area contributed by atoms with Crippen LogP contribution in [0.2, 0.25) is 0 Å². The van der Waals surface area contributed by atoms with E-state index in [2.05, 4.69) is 16.0 Å². The SMILES string of the molecule is COc1ccc([C@@H]2NC(=O)NC(C)=C2C(=O)Nc2ccccc2C)c(OC)c1. The minimum atomic E-state index is -0.668. The molecule has 1 heterocycles. The Hall–Kier alpha value is -3.48. The smallest absolute Gasteiger partial charge is 0.319 e. The molecule has 0 aliphatic carbocycles. The summed E-state index contributed by atoms with van der Waals surface area (Å²) in [7, 11) is 3.09. The van der Waals surface area contributed by atoms with Crippen molar-refractivity contribution in [2.45, 2.75) is 19.9 Å². The average molecular weight is 381 g/mol. The van der Waals surface area contributed by atoms with Crippen molar-refractivity contribution >= 4 is 17.6 Å². The Morgan fingerprint density at radius 1 is 1.07 bits per heavy atom. The number of urea groups is 1. The minimum Gasteiger partial charge on any atom is -0.497 e. The number of rotatable bonds is 5. The summed E-state index contributed by atoms with van der Waals surface area (Å²) in [4.78, 5) is 25.2. The van der Waals surface area contributed by atoms with Gasteiger partial charge < -0.3 is 25.4 Å². The number of nitrogens with one attached hydrogen (secondary N) is 3. The number of methoxy groups -OCH3 is 2. The van der Waals surface area contributed by atoms with E-state index >= 15 is 0 Å². The summed E-state index contributed by atoms with van der Waals surface area (Å²) in [5.74, 6) is 0.829. The Balaban J connectivity index is 2.02. The standard InChI is InChI=1S/C21H23N3O4/c1-12-7-5-6-8-16(12)23-20(25)18-13(2)22-21(26)24-19(18)15-10-9-14(27-3)11-17(15)28-4/h5-11,19H,1-4H3,(H,23,25)(H2,22,24,26)/t19-/m0/s1. The molecule has 0 saturated carbocycles. The number of allylic oxidation sites excluding steroid dienone is 1. The van der Waals surface area contributed by atoms with Gasteiger partial charge in [0, 0.05) is 23.0 Å². The van der Waals surface area contributed by atoms with Gasteiger partial charge in [0.15, 0.2) is 0 Å². The third-order valence-electron chi connectivity index (χ3n) is 4.66. The van der Waals surface area contributed by atoms with Crippen molar-refractivity contribution in [3.05, 3.63) is 64.9 Å². The fourth-order valence-corrected chi connectivity index (χ4v) is 3.19. The van der Waals surface area contributed by atoms with Gasteiger partial charge in [0.2, 0.25) is 0 Å². The highest BCUT2D eigenvalue weighted by atomic mass is 16.5. The molecule has 3 N–H and O–H groups in total. The number of benzene rings is 2. The van der Waals surface area contributed by atoms with E-state index in [4.69, 9.17) is 9.47 Å². The largest absolute Gasteiger partial charge is 0.497 e. The quantitative estimate of drug-likeness (QED) is 0.742. The third-order valence-corrected chi connectivity index (χ3v) is 4.66. The van der Waals surface area contributed by atoms with Crippen LogP contribution in [0.15, 0.2) is 53.7 Å². The van der Waals surface area contributed by atoms with Crippen molar-refractivity contribution in [3.63, 3.8) is 0 Å². The van der Waals surface area contributed by atoms with Crippen molar-refractivity contribution in [1.29, 1.82) is 0 Å². The van der Waals surface area contributed by atoms with Crippen LogP contribution in [0.1, 0.15) is 24.1 Å². The number of aryl methyl sites for hydroxylation is 1. The van der Waals surface area contributed by atoms with Crippen LogP contribution in [0.5, 0.6) is 11.5 Å². The van der Waals surface area contributed by atoms with E-state index < -0.39 is 6.04 Å². The molecule has 2 aromatic rings. The molecular weight excluding hydrogens is 358 g/mol. The lowest BCUT2D eigenvalue weighted by atomic mass is 9.93. The molecule has 0 bridgehead atoms. The topological polar surface area (TPSA) is 88.7 Å². The molecule has 28 heavy (non-hydrogen) atoms. The number of hydrogen-bond donors (Lipinski definition) is 3. The lowest BCUT2D eigenvalue weighted by Crippen LogP contribution is -2.46. The first-order valence-corrected chi connectivity index (χ1v) is 8.81. The zero-order valence-electron chi connectivity index (χ0n) is 16.3. The van der Waals surface area contributed by atoms with E-state index in [9.17, 15) is 9.59 Å². The lowest BCUT2D eigenvalue weighted by Gasteiger charge is -2.29. The van der Waals surface area contributed by atoms with Crippen molar-refractivity contribution < 1.29 is 19.1 Å². The minimum absolute atomic E-state index is 0.304. The van der Waals surface area contributed by atoms with Crippen molar-refractivity contribution in [2.24, 2.45) is 0 Å². The molecule has 7 nitrogen and oxygen atoms in total. The van der Waals surface area contributed by atoms with Crippen LogP contribution in [-0.4, -0.2) is 26.2 Å². The first-order valence-electron chi connectivity index (χ1n) is 8.81. The normalized spacial score (nSPS) is 16.1. The second-order valence-corrected chi connectivity index (χ2v) is 6.45. The van der Waals surface area contributed by atoms with Crippen LogP contribution in [0.25, 0.3) is 0 Å². The number of carbonyl (C=O) groups is 2. The molecule has 7 heteroatoms. The first kappa shape index (κ1) is 19.3. The molecule has 146 valence electrons. The Bertz CT molecular complexity index is 952. The molecule has 2 aromatic carbocycles. The summed E-state index contributed by atoms with van der Waals surface area (Å²) in [5, 5.41) is 8.42. The van der Waals surface area contributed by atoms with Crippen LogP contribution in [0, 0.1) is 6.92 Å². The van der Waals surface area contributed by atoms with Gasteiger partial charge in [-0.15, -0.1) is 0 Å². The number of carbonyl (C=O) groups excluding carboxylic acids is 2. The molecule has 0 spiro atoms. The molecule has 3 amide bonds. The van der Waals surface area contributed by atoms with Crippen LogP contribution in [0.3, 0.4) is 0 Å². The fourth-order valence-electron chi connectivity index (χ4n) is 3.19. The van der Waals surface area contributed by atoms with Gasteiger partial charge >= 0.3 is 6.03 Å². The van der Waals surface area contributed by atoms with Crippen molar-refractivity contribution in [3.8, 4) is 11.5 Å². The third kappa shape index (κ3) is 3.78. The second-order valence-electron chi connectivity index (χ2n) is 6.45. The van der Waals surface area contributed by atoms with Gasteiger partial charge in [0.05, 0.1) is 25.8 Å². The lowest BCUT2D eigenvalue weighted by molar-refractivity contribution is -0.113. The summed E-state index contributed by atoms with van der Waals surface area (Å²) < 4.78 is 10.7. The molecule has 1 aliphatic heterocycles. The van der Waals surface area contributed by atoms with Crippen molar-refractivity contribution in [1.82, 2.24) is 10.6 Å². The number of anilines is 1. The van der Waals surface area contributed by atoms with E-state index in [1.807, 2.05) is 31.2 Å². The average Bonchev–Trinajstić information content (AvgIpc) is 2.68. The monoisotopic (exact) mass is 381 g/mol. The molecule has 0 saturated heterocycles. The molecule has 0 fully saturated rings. The number of ether oxygens (including phenoxy) is 2. The highest BCUT2D eigenvalue weighted by Gasteiger charge is 2.33. The Morgan fingerprint density at radius 3 is 2.50 bits per heavy atom. The van der Waals surface area contributed by atoms with E-state index in [1.165, 1.54) is 7.11 Å².